The monoisotopic (exact) mass is 413 g/mol. The van der Waals surface area contributed by atoms with Crippen LogP contribution in [-0.4, -0.2) is 17.0 Å². The number of halogens is 2. The SMILES string of the molecule is O=C(Nc1ccc(CNC(=O)c2cncc(F)c2)cc1)OCc1ccc(Cl)cc1. The van der Waals surface area contributed by atoms with Crippen LogP contribution >= 0.6 is 11.6 Å². The summed E-state index contributed by atoms with van der Waals surface area (Å²) in [6, 6.07) is 15.0. The Balaban J connectivity index is 1.46. The van der Waals surface area contributed by atoms with Crippen LogP contribution in [-0.2, 0) is 17.9 Å². The topological polar surface area (TPSA) is 80.3 Å². The quantitative estimate of drug-likeness (QED) is 0.621. The first-order valence-electron chi connectivity index (χ1n) is 8.65. The number of anilines is 1. The van der Waals surface area contributed by atoms with Gasteiger partial charge in [0, 0.05) is 23.5 Å². The fourth-order valence-corrected chi connectivity index (χ4v) is 2.54. The van der Waals surface area contributed by atoms with Crippen molar-refractivity contribution in [2.75, 3.05) is 5.32 Å². The van der Waals surface area contributed by atoms with E-state index in [4.69, 9.17) is 16.3 Å². The van der Waals surface area contributed by atoms with Crippen LogP contribution in [0, 0.1) is 5.82 Å². The van der Waals surface area contributed by atoms with Crippen molar-refractivity contribution in [1.29, 1.82) is 0 Å². The van der Waals surface area contributed by atoms with Gasteiger partial charge in [-0.1, -0.05) is 35.9 Å². The maximum atomic E-state index is 13.1. The van der Waals surface area contributed by atoms with E-state index < -0.39 is 17.8 Å². The van der Waals surface area contributed by atoms with Gasteiger partial charge in [-0.2, -0.15) is 0 Å². The second kappa shape index (κ2) is 9.66. The summed E-state index contributed by atoms with van der Waals surface area (Å²) < 4.78 is 18.3. The van der Waals surface area contributed by atoms with Crippen LogP contribution < -0.4 is 10.6 Å². The zero-order chi connectivity index (χ0) is 20.6. The summed E-state index contributed by atoms with van der Waals surface area (Å²) in [7, 11) is 0. The van der Waals surface area contributed by atoms with Crippen LogP contribution in [0.5, 0.6) is 0 Å². The Morgan fingerprint density at radius 2 is 1.69 bits per heavy atom. The highest BCUT2D eigenvalue weighted by Gasteiger charge is 2.08. The number of aromatic nitrogens is 1. The number of carbonyl (C=O) groups excluding carboxylic acids is 2. The van der Waals surface area contributed by atoms with Crippen molar-refractivity contribution in [1.82, 2.24) is 10.3 Å². The Kier molecular flexibility index (Phi) is 6.76. The number of hydrogen-bond donors (Lipinski definition) is 2. The van der Waals surface area contributed by atoms with Crippen molar-refractivity contribution in [3.63, 3.8) is 0 Å². The second-order valence-electron chi connectivity index (χ2n) is 6.10. The fraction of sp³-hybridized carbons (Fsp3) is 0.0952. The highest BCUT2D eigenvalue weighted by molar-refractivity contribution is 6.30. The summed E-state index contributed by atoms with van der Waals surface area (Å²) >= 11 is 5.81. The molecular weight excluding hydrogens is 397 g/mol. The van der Waals surface area contributed by atoms with E-state index in [1.165, 1.54) is 6.20 Å². The molecule has 1 heterocycles. The van der Waals surface area contributed by atoms with Crippen LogP contribution in [0.1, 0.15) is 21.5 Å². The third kappa shape index (κ3) is 6.29. The number of amides is 2. The van der Waals surface area contributed by atoms with Gasteiger partial charge >= 0.3 is 6.09 Å². The average Bonchev–Trinajstić information content (AvgIpc) is 2.72. The molecule has 0 aliphatic rings. The van der Waals surface area contributed by atoms with Gasteiger partial charge in [-0.15, -0.1) is 0 Å². The molecule has 0 bridgehead atoms. The zero-order valence-corrected chi connectivity index (χ0v) is 15.9. The number of pyridine rings is 1. The van der Waals surface area contributed by atoms with Gasteiger partial charge in [0.25, 0.3) is 5.91 Å². The standard InChI is InChI=1S/C21H17ClFN3O3/c22-17-5-1-15(2-6-17)13-29-21(28)26-19-7-3-14(4-8-19)10-25-20(27)16-9-18(23)12-24-11-16/h1-9,11-12H,10,13H2,(H,25,27)(H,26,28). The molecule has 0 fully saturated rings. The van der Waals surface area contributed by atoms with Crippen molar-refractivity contribution in [2.24, 2.45) is 0 Å². The minimum atomic E-state index is -0.584. The molecule has 0 aliphatic carbocycles. The maximum absolute atomic E-state index is 13.1. The van der Waals surface area contributed by atoms with E-state index in [1.54, 1.807) is 48.5 Å². The summed E-state index contributed by atoms with van der Waals surface area (Å²) in [4.78, 5) is 27.5. The lowest BCUT2D eigenvalue weighted by molar-refractivity contribution is 0.0950. The molecule has 3 rings (SSSR count). The number of carbonyl (C=O) groups is 2. The third-order valence-corrected chi connectivity index (χ3v) is 4.16. The second-order valence-corrected chi connectivity index (χ2v) is 6.54. The van der Waals surface area contributed by atoms with Gasteiger partial charge in [0.05, 0.1) is 11.8 Å². The van der Waals surface area contributed by atoms with Crippen LogP contribution in [0.4, 0.5) is 14.9 Å². The molecule has 2 amide bonds. The predicted molar refractivity (Wildman–Crippen MR) is 107 cm³/mol. The summed E-state index contributed by atoms with van der Waals surface area (Å²) in [5, 5.41) is 5.91. The molecule has 148 valence electrons. The number of nitrogens with one attached hydrogen (secondary N) is 2. The van der Waals surface area contributed by atoms with Crippen molar-refractivity contribution in [3.05, 3.63) is 94.5 Å². The molecule has 0 saturated carbocycles. The zero-order valence-electron chi connectivity index (χ0n) is 15.2. The van der Waals surface area contributed by atoms with Gasteiger partial charge in [0.2, 0.25) is 0 Å². The van der Waals surface area contributed by atoms with Crippen LogP contribution in [0.2, 0.25) is 5.02 Å². The molecule has 29 heavy (non-hydrogen) atoms. The largest absolute Gasteiger partial charge is 0.444 e. The molecule has 0 aliphatic heterocycles. The predicted octanol–water partition coefficient (Wildman–Crippen LogP) is 4.55. The van der Waals surface area contributed by atoms with Gasteiger partial charge in [-0.25, -0.2) is 9.18 Å². The molecule has 8 heteroatoms. The number of benzene rings is 2. The molecule has 2 N–H and O–H groups in total. The molecule has 1 aromatic heterocycles. The first-order chi connectivity index (χ1) is 14.0. The fourth-order valence-electron chi connectivity index (χ4n) is 2.41. The summed E-state index contributed by atoms with van der Waals surface area (Å²) in [6.07, 6.45) is 1.74. The van der Waals surface area contributed by atoms with Crippen molar-refractivity contribution in [3.8, 4) is 0 Å². The van der Waals surface area contributed by atoms with E-state index >= 15 is 0 Å². The van der Waals surface area contributed by atoms with Crippen LogP contribution in [0.3, 0.4) is 0 Å². The normalized spacial score (nSPS) is 10.3. The highest BCUT2D eigenvalue weighted by Crippen LogP contribution is 2.13. The molecule has 0 spiro atoms. The number of hydrogen-bond acceptors (Lipinski definition) is 4. The van der Waals surface area contributed by atoms with Gasteiger partial charge in [0.1, 0.15) is 12.4 Å². The molecule has 0 radical (unpaired) electrons. The summed E-state index contributed by atoms with van der Waals surface area (Å²) in [5.74, 6) is -0.999. The molecule has 0 unspecified atom stereocenters. The lowest BCUT2D eigenvalue weighted by atomic mass is 10.2. The van der Waals surface area contributed by atoms with Gasteiger partial charge in [-0.05, 0) is 41.5 Å². The lowest BCUT2D eigenvalue weighted by Gasteiger charge is -2.09. The van der Waals surface area contributed by atoms with Gasteiger partial charge < -0.3 is 10.1 Å². The number of nitrogens with zero attached hydrogens (tertiary/aromatic N) is 1. The molecular formula is C21H17ClFN3O3. The van der Waals surface area contributed by atoms with E-state index in [0.29, 0.717) is 10.7 Å². The molecule has 0 saturated heterocycles. The summed E-state index contributed by atoms with van der Waals surface area (Å²) in [5.41, 5.74) is 2.33. The van der Waals surface area contributed by atoms with E-state index in [1.807, 2.05) is 0 Å². The van der Waals surface area contributed by atoms with Crippen LogP contribution in [0.25, 0.3) is 0 Å². The Morgan fingerprint density at radius 3 is 2.38 bits per heavy atom. The Hall–Kier alpha value is -3.45. The van der Waals surface area contributed by atoms with Crippen molar-refractivity contribution < 1.29 is 18.7 Å². The summed E-state index contributed by atoms with van der Waals surface area (Å²) in [6.45, 7) is 0.374. The van der Waals surface area contributed by atoms with Crippen molar-refractivity contribution in [2.45, 2.75) is 13.2 Å². The van der Waals surface area contributed by atoms with Gasteiger partial charge in [0.15, 0.2) is 0 Å². The smallest absolute Gasteiger partial charge is 0.411 e. The Labute approximate surface area is 171 Å². The van der Waals surface area contributed by atoms with E-state index in [9.17, 15) is 14.0 Å². The average molecular weight is 414 g/mol. The minimum Gasteiger partial charge on any atom is -0.444 e. The Morgan fingerprint density at radius 1 is 1.00 bits per heavy atom. The van der Waals surface area contributed by atoms with Crippen LogP contribution in [0.15, 0.2) is 67.0 Å². The van der Waals surface area contributed by atoms with E-state index in [2.05, 4.69) is 15.6 Å². The molecule has 6 nitrogen and oxygen atoms in total. The number of rotatable bonds is 6. The van der Waals surface area contributed by atoms with E-state index in [-0.39, 0.29) is 18.7 Å². The first kappa shape index (κ1) is 20.3. The Bertz CT molecular complexity index is 995. The van der Waals surface area contributed by atoms with Crippen molar-refractivity contribution >= 4 is 29.3 Å². The highest BCUT2D eigenvalue weighted by atomic mass is 35.5. The molecule has 0 atom stereocenters. The van der Waals surface area contributed by atoms with E-state index in [0.717, 1.165) is 23.4 Å². The first-order valence-corrected chi connectivity index (χ1v) is 9.03. The third-order valence-electron chi connectivity index (χ3n) is 3.90. The maximum Gasteiger partial charge on any atom is 0.411 e. The molecule has 2 aromatic carbocycles. The lowest BCUT2D eigenvalue weighted by Crippen LogP contribution is -2.23. The minimum absolute atomic E-state index is 0.127. The number of ether oxygens (including phenoxy) is 1. The molecule has 3 aromatic rings. The van der Waals surface area contributed by atoms with Gasteiger partial charge in [-0.3, -0.25) is 15.1 Å².